The van der Waals surface area contributed by atoms with Gasteiger partial charge >= 0.3 is 12.4 Å². The molecule has 0 saturated heterocycles. The molecule has 1 N–H and O–H groups in total. The molecule has 0 aliphatic heterocycles. The summed E-state index contributed by atoms with van der Waals surface area (Å²) in [5, 5.41) is 9.70. The van der Waals surface area contributed by atoms with E-state index in [9.17, 15) is 49.1 Å². The van der Waals surface area contributed by atoms with Gasteiger partial charge in [0.05, 0.1) is 4.90 Å². The Balaban J connectivity index is 1.68. The number of Topliss-reactive ketones (excluding diaryl/α,β-unsaturated/α-hetero) is 1. The van der Waals surface area contributed by atoms with Gasteiger partial charge in [-0.1, -0.05) is 30.3 Å². The number of carbonyl (C=O) groups is 1. The topological polar surface area (TPSA) is 84.3 Å². The Kier molecular flexibility index (Phi) is 7.61. The number of benzene rings is 2. The number of alkyl halides is 6. The second-order valence-electron chi connectivity index (χ2n) is 9.79. The van der Waals surface area contributed by atoms with E-state index in [0.717, 1.165) is 36.4 Å². The predicted molar refractivity (Wildman–Crippen MR) is 128 cm³/mol. The monoisotopic (exact) mass is 589 g/mol. The first-order chi connectivity index (χ1) is 18.5. The van der Waals surface area contributed by atoms with Crippen LogP contribution in [0.25, 0.3) is 0 Å². The molecule has 3 aromatic rings. The first-order valence-electron chi connectivity index (χ1n) is 11.9. The van der Waals surface area contributed by atoms with Crippen molar-refractivity contribution in [1.29, 1.82) is 0 Å². The summed E-state index contributed by atoms with van der Waals surface area (Å²) in [5.41, 5.74) is -6.19. The van der Waals surface area contributed by atoms with E-state index in [1.165, 1.54) is 12.4 Å². The van der Waals surface area contributed by atoms with Gasteiger partial charge in [-0.25, -0.2) is 12.8 Å². The summed E-state index contributed by atoms with van der Waals surface area (Å²) in [7, 11) is -4.36. The molecule has 5 nitrogen and oxygen atoms in total. The third-order valence-corrected chi connectivity index (χ3v) is 9.66. The smallest absolute Gasteiger partial charge is 0.369 e. The van der Waals surface area contributed by atoms with Crippen molar-refractivity contribution in [2.75, 3.05) is 0 Å². The Morgan fingerprint density at radius 3 is 2.00 bits per heavy atom. The second-order valence-corrected chi connectivity index (χ2v) is 12.0. The molecule has 1 aromatic heterocycles. The SMILES string of the molecule is O=C(Cc1cccnc1)CC1CC(c2ccc(C(O)(C(F)(F)F)C(F)(F)F)cc2)(S(=O)(=O)c2ccc(F)cc2)C1. The minimum absolute atomic E-state index is 0.0183. The molecule has 1 heterocycles. The molecule has 0 atom stereocenters. The summed E-state index contributed by atoms with van der Waals surface area (Å²) >= 11 is 0. The van der Waals surface area contributed by atoms with Crippen molar-refractivity contribution in [2.45, 2.75) is 53.3 Å². The fourth-order valence-corrected chi connectivity index (χ4v) is 7.40. The van der Waals surface area contributed by atoms with E-state index in [1.54, 1.807) is 12.1 Å². The van der Waals surface area contributed by atoms with Crippen LogP contribution in [0.15, 0.2) is 78.0 Å². The van der Waals surface area contributed by atoms with Crippen LogP contribution in [0.4, 0.5) is 30.7 Å². The van der Waals surface area contributed by atoms with E-state index in [0.29, 0.717) is 17.7 Å². The van der Waals surface area contributed by atoms with E-state index in [-0.39, 0.29) is 41.9 Å². The average Bonchev–Trinajstić information content (AvgIpc) is 2.85. The van der Waals surface area contributed by atoms with Crippen molar-refractivity contribution in [3.05, 3.63) is 95.6 Å². The van der Waals surface area contributed by atoms with Gasteiger partial charge in [-0.3, -0.25) is 9.78 Å². The molecule has 1 fully saturated rings. The molecule has 2 aromatic carbocycles. The van der Waals surface area contributed by atoms with E-state index >= 15 is 0 Å². The van der Waals surface area contributed by atoms with Crippen molar-refractivity contribution in [2.24, 2.45) is 5.92 Å². The van der Waals surface area contributed by atoms with Crippen LogP contribution in [0.3, 0.4) is 0 Å². The molecule has 0 bridgehead atoms. The number of ketones is 1. The normalized spacial score (nSPS) is 20.1. The van der Waals surface area contributed by atoms with Crippen LogP contribution in [0.1, 0.15) is 36.0 Å². The Labute approximate surface area is 224 Å². The number of halogens is 7. The molecule has 0 radical (unpaired) electrons. The van der Waals surface area contributed by atoms with Gasteiger partial charge in [0.1, 0.15) is 16.3 Å². The average molecular weight is 590 g/mol. The number of nitrogens with zero attached hydrogens (tertiary/aromatic N) is 1. The maximum absolute atomic E-state index is 13.7. The highest BCUT2D eigenvalue weighted by molar-refractivity contribution is 7.92. The summed E-state index contributed by atoms with van der Waals surface area (Å²) in [5.74, 6) is -1.38. The molecule has 0 spiro atoms. The van der Waals surface area contributed by atoms with Gasteiger partial charge in [-0.2, -0.15) is 26.3 Å². The lowest BCUT2D eigenvalue weighted by molar-refractivity contribution is -0.376. The van der Waals surface area contributed by atoms with Gasteiger partial charge in [0.15, 0.2) is 9.84 Å². The Hall–Kier alpha value is -3.32. The van der Waals surface area contributed by atoms with E-state index in [4.69, 9.17) is 0 Å². The highest BCUT2D eigenvalue weighted by Crippen LogP contribution is 2.56. The van der Waals surface area contributed by atoms with Crippen LogP contribution < -0.4 is 0 Å². The third-order valence-electron chi connectivity index (χ3n) is 7.16. The zero-order chi connectivity index (χ0) is 29.6. The maximum atomic E-state index is 13.7. The number of sulfone groups is 1. The zero-order valence-electron chi connectivity index (χ0n) is 20.5. The van der Waals surface area contributed by atoms with Gasteiger partial charge in [0.25, 0.3) is 5.60 Å². The van der Waals surface area contributed by atoms with Crippen LogP contribution in [0, 0.1) is 11.7 Å². The molecule has 214 valence electrons. The van der Waals surface area contributed by atoms with Crippen molar-refractivity contribution in [1.82, 2.24) is 4.98 Å². The highest BCUT2D eigenvalue weighted by Gasteiger charge is 2.71. The first-order valence-corrected chi connectivity index (χ1v) is 13.4. The molecular formula is C27H22F7NO4S. The second kappa shape index (κ2) is 10.3. The van der Waals surface area contributed by atoms with Gasteiger partial charge in [0.2, 0.25) is 0 Å². The standard InChI is InChI=1S/C27H22F7NO4S/c28-21-7-9-23(10-8-21)40(38,39)24(14-18(15-24)13-22(36)12-17-2-1-11-35-16-17)19-3-5-20(6-4-19)25(37,26(29,30)31)27(32,33)34/h1-11,16,18,37H,12-15H2. The Morgan fingerprint density at radius 2 is 1.50 bits per heavy atom. The predicted octanol–water partition coefficient (Wildman–Crippen LogP) is 5.81. The molecule has 0 unspecified atom stereocenters. The van der Waals surface area contributed by atoms with Crippen molar-refractivity contribution < 1.29 is 49.1 Å². The van der Waals surface area contributed by atoms with Crippen molar-refractivity contribution in [3.8, 4) is 0 Å². The Morgan fingerprint density at radius 1 is 0.925 bits per heavy atom. The van der Waals surface area contributed by atoms with Crippen molar-refractivity contribution >= 4 is 15.6 Å². The minimum Gasteiger partial charge on any atom is -0.369 e. The van der Waals surface area contributed by atoms with E-state index < -0.39 is 49.8 Å². The fraction of sp³-hybridized carbons (Fsp3) is 0.333. The minimum atomic E-state index is -6.11. The molecule has 40 heavy (non-hydrogen) atoms. The molecule has 4 rings (SSSR count). The lowest BCUT2D eigenvalue weighted by Gasteiger charge is -2.47. The number of pyridine rings is 1. The third kappa shape index (κ3) is 5.12. The van der Waals surface area contributed by atoms with Crippen LogP contribution in [-0.2, 0) is 31.4 Å². The summed E-state index contributed by atoms with van der Waals surface area (Å²) in [4.78, 5) is 16.2. The molecule has 1 aliphatic rings. The van der Waals surface area contributed by atoms with Gasteiger partial charge < -0.3 is 5.11 Å². The fourth-order valence-electron chi connectivity index (χ4n) is 5.09. The quantitative estimate of drug-likeness (QED) is 0.265. The number of aliphatic hydroxyl groups is 1. The molecular weight excluding hydrogens is 567 g/mol. The summed E-state index contributed by atoms with van der Waals surface area (Å²) in [6.07, 6.45) is -9.47. The number of hydrogen-bond acceptors (Lipinski definition) is 5. The van der Waals surface area contributed by atoms with Gasteiger partial charge in [-0.05, 0) is 60.2 Å². The zero-order valence-corrected chi connectivity index (χ0v) is 21.3. The maximum Gasteiger partial charge on any atom is 0.430 e. The lowest BCUT2D eigenvalue weighted by Crippen LogP contribution is -2.54. The lowest BCUT2D eigenvalue weighted by atomic mass is 9.68. The molecule has 1 aliphatic carbocycles. The van der Waals surface area contributed by atoms with Crippen LogP contribution in [0.2, 0.25) is 0 Å². The van der Waals surface area contributed by atoms with Gasteiger partial charge in [0, 0.05) is 30.8 Å². The van der Waals surface area contributed by atoms with E-state index in [2.05, 4.69) is 4.98 Å². The van der Waals surface area contributed by atoms with Crippen molar-refractivity contribution in [3.63, 3.8) is 0 Å². The largest absolute Gasteiger partial charge is 0.430 e. The molecule has 0 amide bonds. The Bertz CT molecular complexity index is 1450. The summed E-state index contributed by atoms with van der Waals surface area (Å²) in [6.45, 7) is 0. The number of carbonyl (C=O) groups excluding carboxylic acids is 1. The number of rotatable bonds is 8. The van der Waals surface area contributed by atoms with Crippen LogP contribution >= 0.6 is 0 Å². The van der Waals surface area contributed by atoms with Gasteiger partial charge in [-0.15, -0.1) is 0 Å². The van der Waals surface area contributed by atoms with Crippen LogP contribution in [0.5, 0.6) is 0 Å². The molecule has 1 saturated carbocycles. The highest BCUT2D eigenvalue weighted by atomic mass is 32.2. The first kappa shape index (κ1) is 29.7. The summed E-state index contributed by atoms with van der Waals surface area (Å²) < 4.78 is 119. The number of aromatic nitrogens is 1. The summed E-state index contributed by atoms with van der Waals surface area (Å²) in [6, 6.07) is 9.54. The number of hydrogen-bond donors (Lipinski definition) is 1. The van der Waals surface area contributed by atoms with Crippen LogP contribution in [-0.4, -0.2) is 36.6 Å². The molecule has 13 heteroatoms. The van der Waals surface area contributed by atoms with E-state index in [1.807, 2.05) is 0 Å².